The van der Waals surface area contributed by atoms with Gasteiger partial charge in [0.15, 0.2) is 0 Å². The maximum Gasteiger partial charge on any atom is 0.224 e. The molecule has 0 aliphatic carbocycles. The molecule has 94 valence electrons. The van der Waals surface area contributed by atoms with Crippen LogP contribution in [0.2, 0.25) is 10.0 Å². The summed E-state index contributed by atoms with van der Waals surface area (Å²) in [5.41, 5.74) is 5.88. The molecule has 1 aromatic carbocycles. The molecule has 0 aliphatic heterocycles. The van der Waals surface area contributed by atoms with E-state index >= 15 is 0 Å². The zero-order valence-corrected chi connectivity index (χ0v) is 11.4. The van der Waals surface area contributed by atoms with Crippen molar-refractivity contribution < 1.29 is 4.79 Å². The van der Waals surface area contributed by atoms with Crippen LogP contribution in [0.4, 0.5) is 0 Å². The highest BCUT2D eigenvalue weighted by Gasteiger charge is 2.18. The number of nitrogens with one attached hydrogen (secondary N) is 1. The van der Waals surface area contributed by atoms with Crippen molar-refractivity contribution in [3.63, 3.8) is 0 Å². The minimum atomic E-state index is -0.407. The summed E-state index contributed by atoms with van der Waals surface area (Å²) in [5.74, 6) is -0.107. The average Bonchev–Trinajstić information content (AvgIpc) is 2.21. The van der Waals surface area contributed by atoms with E-state index in [1.807, 2.05) is 13.8 Å². The fourth-order valence-corrected chi connectivity index (χ4v) is 1.79. The Balaban J connectivity index is 2.69. The summed E-state index contributed by atoms with van der Waals surface area (Å²) in [6.07, 6.45) is 0.222. The molecule has 0 fully saturated rings. The predicted octanol–water partition coefficient (Wildman–Crippen LogP) is 2.39. The first kappa shape index (κ1) is 14.3. The quantitative estimate of drug-likeness (QED) is 0.886. The van der Waals surface area contributed by atoms with Crippen molar-refractivity contribution in [2.75, 3.05) is 6.54 Å². The van der Waals surface area contributed by atoms with E-state index in [1.54, 1.807) is 18.2 Å². The summed E-state index contributed by atoms with van der Waals surface area (Å²) in [6, 6.07) is 5.09. The summed E-state index contributed by atoms with van der Waals surface area (Å²) in [4.78, 5) is 11.8. The van der Waals surface area contributed by atoms with Gasteiger partial charge in [0, 0.05) is 22.1 Å². The van der Waals surface area contributed by atoms with Crippen LogP contribution in [-0.2, 0) is 11.2 Å². The highest BCUT2D eigenvalue weighted by molar-refractivity contribution is 6.35. The second-order valence-corrected chi connectivity index (χ2v) is 5.39. The van der Waals surface area contributed by atoms with E-state index in [2.05, 4.69) is 5.32 Å². The van der Waals surface area contributed by atoms with Gasteiger partial charge in [-0.05, 0) is 31.5 Å². The maximum atomic E-state index is 11.8. The summed E-state index contributed by atoms with van der Waals surface area (Å²) in [6.45, 7) is 4.12. The van der Waals surface area contributed by atoms with Gasteiger partial charge < -0.3 is 11.1 Å². The van der Waals surface area contributed by atoms with E-state index < -0.39 is 5.54 Å². The number of hydrogen-bond donors (Lipinski definition) is 2. The topological polar surface area (TPSA) is 55.1 Å². The fourth-order valence-electron chi connectivity index (χ4n) is 1.31. The molecule has 0 spiro atoms. The van der Waals surface area contributed by atoms with Gasteiger partial charge in [-0.15, -0.1) is 0 Å². The number of hydrogen-bond acceptors (Lipinski definition) is 2. The zero-order valence-electron chi connectivity index (χ0n) is 9.89. The molecule has 0 saturated heterocycles. The standard InChI is InChI=1S/C12H16Cl2N2O/c1-12(2,7-15)16-11(17)5-8-3-4-9(13)6-10(8)14/h3-4,6H,5,7,15H2,1-2H3,(H,16,17). The normalized spacial score (nSPS) is 11.4. The smallest absolute Gasteiger partial charge is 0.224 e. The predicted molar refractivity (Wildman–Crippen MR) is 71.4 cm³/mol. The van der Waals surface area contributed by atoms with Gasteiger partial charge in [0.05, 0.1) is 6.42 Å². The lowest BCUT2D eigenvalue weighted by Gasteiger charge is -2.24. The van der Waals surface area contributed by atoms with Crippen LogP contribution >= 0.6 is 23.2 Å². The van der Waals surface area contributed by atoms with Crippen LogP contribution in [0, 0.1) is 0 Å². The maximum absolute atomic E-state index is 11.8. The average molecular weight is 275 g/mol. The Kier molecular flexibility index (Phi) is 4.80. The minimum absolute atomic E-state index is 0.107. The zero-order chi connectivity index (χ0) is 13.1. The number of halogens is 2. The Morgan fingerprint density at radius 2 is 2.06 bits per heavy atom. The molecule has 0 heterocycles. The van der Waals surface area contributed by atoms with Gasteiger partial charge in [-0.1, -0.05) is 29.3 Å². The van der Waals surface area contributed by atoms with E-state index in [0.717, 1.165) is 5.56 Å². The second-order valence-electron chi connectivity index (χ2n) is 4.55. The molecule has 0 saturated carbocycles. The van der Waals surface area contributed by atoms with Crippen LogP contribution < -0.4 is 11.1 Å². The molecule has 1 rings (SSSR count). The Hall–Kier alpha value is -0.770. The summed E-state index contributed by atoms with van der Waals surface area (Å²) in [5, 5.41) is 3.90. The van der Waals surface area contributed by atoms with Gasteiger partial charge in [-0.2, -0.15) is 0 Å². The SMILES string of the molecule is CC(C)(CN)NC(=O)Cc1ccc(Cl)cc1Cl. The van der Waals surface area contributed by atoms with Crippen molar-refractivity contribution >= 4 is 29.1 Å². The first-order valence-corrected chi connectivity index (χ1v) is 6.04. The van der Waals surface area contributed by atoms with Crippen molar-refractivity contribution in [3.8, 4) is 0 Å². The Morgan fingerprint density at radius 3 is 2.59 bits per heavy atom. The van der Waals surface area contributed by atoms with E-state index in [1.165, 1.54) is 0 Å². The van der Waals surface area contributed by atoms with E-state index in [4.69, 9.17) is 28.9 Å². The molecule has 0 radical (unpaired) electrons. The first-order valence-electron chi connectivity index (χ1n) is 5.29. The highest BCUT2D eigenvalue weighted by Crippen LogP contribution is 2.21. The lowest BCUT2D eigenvalue weighted by Crippen LogP contribution is -2.49. The van der Waals surface area contributed by atoms with Crippen LogP contribution in [0.5, 0.6) is 0 Å². The number of rotatable bonds is 4. The van der Waals surface area contributed by atoms with Crippen molar-refractivity contribution in [1.29, 1.82) is 0 Å². The number of carbonyl (C=O) groups excluding carboxylic acids is 1. The van der Waals surface area contributed by atoms with Gasteiger partial charge in [-0.3, -0.25) is 4.79 Å². The van der Waals surface area contributed by atoms with E-state index in [9.17, 15) is 4.79 Å². The molecular formula is C12H16Cl2N2O. The van der Waals surface area contributed by atoms with Gasteiger partial charge in [0.2, 0.25) is 5.91 Å². The molecule has 0 unspecified atom stereocenters. The van der Waals surface area contributed by atoms with Crippen LogP contribution in [0.25, 0.3) is 0 Å². The molecule has 1 amide bonds. The molecule has 0 bridgehead atoms. The molecule has 0 atom stereocenters. The second kappa shape index (κ2) is 5.71. The van der Waals surface area contributed by atoms with Crippen LogP contribution in [0.1, 0.15) is 19.4 Å². The molecule has 17 heavy (non-hydrogen) atoms. The van der Waals surface area contributed by atoms with Gasteiger partial charge >= 0.3 is 0 Å². The Bertz CT molecular complexity index is 419. The molecule has 3 N–H and O–H groups in total. The monoisotopic (exact) mass is 274 g/mol. The highest BCUT2D eigenvalue weighted by atomic mass is 35.5. The summed E-state index contributed by atoms with van der Waals surface area (Å²) in [7, 11) is 0. The third-order valence-corrected chi connectivity index (χ3v) is 2.94. The summed E-state index contributed by atoms with van der Waals surface area (Å²) >= 11 is 11.8. The number of carbonyl (C=O) groups is 1. The van der Waals surface area contributed by atoms with Crippen LogP contribution in [-0.4, -0.2) is 18.0 Å². The molecular weight excluding hydrogens is 259 g/mol. The number of amides is 1. The first-order chi connectivity index (χ1) is 7.84. The number of benzene rings is 1. The summed E-state index contributed by atoms with van der Waals surface area (Å²) < 4.78 is 0. The number of nitrogens with two attached hydrogens (primary N) is 1. The molecule has 0 aliphatic rings. The van der Waals surface area contributed by atoms with E-state index in [0.29, 0.717) is 16.6 Å². The van der Waals surface area contributed by atoms with E-state index in [-0.39, 0.29) is 12.3 Å². The van der Waals surface area contributed by atoms with Gasteiger partial charge in [0.1, 0.15) is 0 Å². The fraction of sp³-hybridized carbons (Fsp3) is 0.417. The van der Waals surface area contributed by atoms with Crippen molar-refractivity contribution in [3.05, 3.63) is 33.8 Å². The van der Waals surface area contributed by atoms with Gasteiger partial charge in [0.25, 0.3) is 0 Å². The minimum Gasteiger partial charge on any atom is -0.350 e. The van der Waals surface area contributed by atoms with Crippen molar-refractivity contribution in [2.45, 2.75) is 25.8 Å². The van der Waals surface area contributed by atoms with Crippen LogP contribution in [0.3, 0.4) is 0 Å². The van der Waals surface area contributed by atoms with Crippen LogP contribution in [0.15, 0.2) is 18.2 Å². The van der Waals surface area contributed by atoms with Crippen molar-refractivity contribution in [1.82, 2.24) is 5.32 Å². The van der Waals surface area contributed by atoms with Gasteiger partial charge in [-0.25, -0.2) is 0 Å². The lowest BCUT2D eigenvalue weighted by atomic mass is 10.1. The largest absolute Gasteiger partial charge is 0.350 e. The van der Waals surface area contributed by atoms with Crippen molar-refractivity contribution in [2.24, 2.45) is 5.73 Å². The lowest BCUT2D eigenvalue weighted by molar-refractivity contribution is -0.121. The third kappa shape index (κ3) is 4.54. The third-order valence-electron chi connectivity index (χ3n) is 2.35. The Labute approximate surface area is 111 Å². The molecule has 0 aromatic heterocycles. The Morgan fingerprint density at radius 1 is 1.41 bits per heavy atom. The molecule has 5 heteroatoms. The molecule has 3 nitrogen and oxygen atoms in total. The molecule has 1 aromatic rings.